The first-order chi connectivity index (χ1) is 13.1. The molecule has 2 aromatic rings. The van der Waals surface area contributed by atoms with E-state index >= 15 is 0 Å². The summed E-state index contributed by atoms with van der Waals surface area (Å²) in [6, 6.07) is 17.8. The Bertz CT molecular complexity index is 726. The Morgan fingerprint density at radius 3 is 2.52 bits per heavy atom. The summed E-state index contributed by atoms with van der Waals surface area (Å²) in [5.74, 6) is -0.176. The summed E-state index contributed by atoms with van der Waals surface area (Å²) in [4.78, 5) is 11.0. The molecule has 1 aliphatic carbocycles. The van der Waals surface area contributed by atoms with E-state index in [2.05, 4.69) is 5.32 Å². The van der Waals surface area contributed by atoms with E-state index in [9.17, 15) is 9.90 Å². The molecule has 0 spiro atoms. The van der Waals surface area contributed by atoms with Crippen LogP contribution in [0.4, 0.5) is 0 Å². The smallest absolute Gasteiger partial charge is 0.306 e. The second-order valence-corrected chi connectivity index (χ2v) is 7.16. The average Bonchev–Trinajstić information content (AvgIpc) is 2.72. The molecular weight excluding hydrogens is 342 g/mol. The number of hydrogen-bond donors (Lipinski definition) is 3. The van der Waals surface area contributed by atoms with Crippen LogP contribution in [0.3, 0.4) is 0 Å². The molecule has 144 valence electrons. The maximum atomic E-state index is 11.0. The highest BCUT2D eigenvalue weighted by Gasteiger charge is 2.26. The van der Waals surface area contributed by atoms with E-state index in [1.807, 2.05) is 54.6 Å². The van der Waals surface area contributed by atoms with Gasteiger partial charge in [0.25, 0.3) is 0 Å². The summed E-state index contributed by atoms with van der Waals surface area (Å²) in [7, 11) is 0. The number of carboxylic acid groups (broad SMARTS) is 1. The first kappa shape index (κ1) is 19.4. The van der Waals surface area contributed by atoms with Gasteiger partial charge in [0, 0.05) is 12.6 Å². The molecule has 1 aliphatic rings. The Morgan fingerprint density at radius 1 is 1.07 bits per heavy atom. The summed E-state index contributed by atoms with van der Waals surface area (Å²) in [6.07, 6.45) is 2.45. The molecule has 1 fully saturated rings. The topological polar surface area (TPSA) is 78.8 Å². The summed E-state index contributed by atoms with van der Waals surface area (Å²) >= 11 is 0. The SMILES string of the molecule is O=C(O)C1CCC(NCC(O)c2cccc(OCc3ccccc3)c2)CC1. The number of ether oxygens (including phenoxy) is 1. The van der Waals surface area contributed by atoms with Gasteiger partial charge in [0.1, 0.15) is 12.4 Å². The highest BCUT2D eigenvalue weighted by atomic mass is 16.5. The van der Waals surface area contributed by atoms with Crippen molar-refractivity contribution in [3.63, 3.8) is 0 Å². The minimum absolute atomic E-state index is 0.216. The summed E-state index contributed by atoms with van der Waals surface area (Å²) in [5.41, 5.74) is 1.91. The largest absolute Gasteiger partial charge is 0.489 e. The third-order valence-electron chi connectivity index (χ3n) is 5.17. The fraction of sp³-hybridized carbons (Fsp3) is 0.409. The molecule has 0 amide bonds. The summed E-state index contributed by atoms with van der Waals surface area (Å²) in [6.45, 7) is 0.940. The van der Waals surface area contributed by atoms with Gasteiger partial charge in [-0.1, -0.05) is 42.5 Å². The van der Waals surface area contributed by atoms with Crippen LogP contribution in [0.2, 0.25) is 0 Å². The number of aliphatic carboxylic acids is 1. The minimum Gasteiger partial charge on any atom is -0.489 e. The van der Waals surface area contributed by atoms with Crippen LogP contribution < -0.4 is 10.1 Å². The third-order valence-corrected chi connectivity index (χ3v) is 5.17. The van der Waals surface area contributed by atoms with Gasteiger partial charge < -0.3 is 20.3 Å². The summed E-state index contributed by atoms with van der Waals surface area (Å²) < 4.78 is 5.82. The van der Waals surface area contributed by atoms with Crippen molar-refractivity contribution in [3.8, 4) is 5.75 Å². The van der Waals surface area contributed by atoms with Crippen LogP contribution in [0.5, 0.6) is 5.75 Å². The molecule has 5 heteroatoms. The second-order valence-electron chi connectivity index (χ2n) is 7.16. The van der Waals surface area contributed by atoms with Gasteiger partial charge in [0.05, 0.1) is 12.0 Å². The van der Waals surface area contributed by atoms with Crippen LogP contribution in [0.25, 0.3) is 0 Å². The number of carbonyl (C=O) groups is 1. The lowest BCUT2D eigenvalue weighted by Crippen LogP contribution is -2.37. The number of nitrogens with one attached hydrogen (secondary N) is 1. The molecule has 3 N–H and O–H groups in total. The second kappa shape index (κ2) is 9.53. The van der Waals surface area contributed by atoms with E-state index in [1.54, 1.807) is 0 Å². The van der Waals surface area contributed by atoms with E-state index in [4.69, 9.17) is 9.84 Å². The highest BCUT2D eigenvalue weighted by Crippen LogP contribution is 2.25. The Balaban J connectivity index is 1.47. The van der Waals surface area contributed by atoms with Gasteiger partial charge in [-0.2, -0.15) is 0 Å². The van der Waals surface area contributed by atoms with E-state index in [-0.39, 0.29) is 12.0 Å². The molecule has 1 atom stereocenters. The zero-order valence-electron chi connectivity index (χ0n) is 15.4. The molecule has 0 aliphatic heterocycles. The molecule has 1 unspecified atom stereocenters. The van der Waals surface area contributed by atoms with Crippen LogP contribution in [0, 0.1) is 5.92 Å². The van der Waals surface area contributed by atoms with Crippen molar-refractivity contribution >= 4 is 5.97 Å². The van der Waals surface area contributed by atoms with E-state index in [0.29, 0.717) is 26.0 Å². The predicted octanol–water partition coefficient (Wildman–Crippen LogP) is 3.53. The molecule has 1 saturated carbocycles. The third kappa shape index (κ3) is 5.81. The van der Waals surface area contributed by atoms with Crippen LogP contribution in [0.15, 0.2) is 54.6 Å². The molecule has 0 saturated heterocycles. The number of rotatable bonds is 8. The van der Waals surface area contributed by atoms with Gasteiger partial charge in [-0.15, -0.1) is 0 Å². The van der Waals surface area contributed by atoms with E-state index < -0.39 is 12.1 Å². The summed E-state index contributed by atoms with van der Waals surface area (Å²) in [5, 5.41) is 22.9. The van der Waals surface area contributed by atoms with Crippen molar-refractivity contribution < 1.29 is 19.7 Å². The maximum Gasteiger partial charge on any atom is 0.306 e. The van der Waals surface area contributed by atoms with Crippen LogP contribution >= 0.6 is 0 Å². The standard InChI is InChI=1S/C22H27NO4/c24-21(14-23-19-11-9-17(10-12-19)22(25)26)18-7-4-8-20(13-18)27-15-16-5-2-1-3-6-16/h1-8,13,17,19,21,23-24H,9-12,14-15H2,(H,25,26). The maximum absolute atomic E-state index is 11.0. The van der Waals surface area contributed by atoms with Crippen molar-refractivity contribution in [2.24, 2.45) is 5.92 Å². The zero-order chi connectivity index (χ0) is 19.1. The molecule has 0 bridgehead atoms. The fourth-order valence-corrected chi connectivity index (χ4v) is 3.49. The van der Waals surface area contributed by atoms with Crippen molar-refractivity contribution in [1.82, 2.24) is 5.32 Å². The predicted molar refractivity (Wildman–Crippen MR) is 104 cm³/mol. The quantitative estimate of drug-likeness (QED) is 0.663. The van der Waals surface area contributed by atoms with Crippen molar-refractivity contribution in [2.75, 3.05) is 6.54 Å². The van der Waals surface area contributed by atoms with Crippen molar-refractivity contribution in [2.45, 2.75) is 44.4 Å². The molecule has 27 heavy (non-hydrogen) atoms. The lowest BCUT2D eigenvalue weighted by molar-refractivity contribution is -0.142. The zero-order valence-corrected chi connectivity index (χ0v) is 15.4. The van der Waals surface area contributed by atoms with Gasteiger partial charge in [-0.25, -0.2) is 0 Å². The van der Waals surface area contributed by atoms with Crippen LogP contribution in [0.1, 0.15) is 42.9 Å². The van der Waals surface area contributed by atoms with Gasteiger partial charge in [-0.05, 0) is 48.9 Å². The van der Waals surface area contributed by atoms with Crippen molar-refractivity contribution in [1.29, 1.82) is 0 Å². The number of hydrogen-bond acceptors (Lipinski definition) is 4. The number of benzene rings is 2. The Hall–Kier alpha value is -2.37. The van der Waals surface area contributed by atoms with Crippen molar-refractivity contribution in [3.05, 3.63) is 65.7 Å². The Kier molecular flexibility index (Phi) is 6.85. The number of aliphatic hydroxyl groups excluding tert-OH is 1. The number of carboxylic acids is 1. The molecule has 0 radical (unpaired) electrons. The van der Waals surface area contributed by atoms with Crippen LogP contribution in [-0.4, -0.2) is 28.8 Å². The fourth-order valence-electron chi connectivity index (χ4n) is 3.49. The van der Waals surface area contributed by atoms with Crippen LogP contribution in [-0.2, 0) is 11.4 Å². The molecule has 3 rings (SSSR count). The molecule has 2 aromatic carbocycles. The first-order valence-electron chi connectivity index (χ1n) is 9.53. The van der Waals surface area contributed by atoms with Gasteiger partial charge in [0.2, 0.25) is 0 Å². The van der Waals surface area contributed by atoms with Gasteiger partial charge in [-0.3, -0.25) is 4.79 Å². The van der Waals surface area contributed by atoms with Gasteiger partial charge >= 0.3 is 5.97 Å². The molecular formula is C22H27NO4. The van der Waals surface area contributed by atoms with E-state index in [1.165, 1.54) is 0 Å². The molecule has 0 heterocycles. The molecule has 0 aromatic heterocycles. The monoisotopic (exact) mass is 369 g/mol. The highest BCUT2D eigenvalue weighted by molar-refractivity contribution is 5.70. The van der Waals surface area contributed by atoms with Gasteiger partial charge in [0.15, 0.2) is 0 Å². The Morgan fingerprint density at radius 2 is 1.81 bits per heavy atom. The lowest BCUT2D eigenvalue weighted by atomic mass is 9.86. The normalized spacial score (nSPS) is 20.8. The van der Waals surface area contributed by atoms with E-state index in [0.717, 1.165) is 29.7 Å². The molecule has 5 nitrogen and oxygen atoms in total. The number of aliphatic hydroxyl groups is 1. The average molecular weight is 369 g/mol. The minimum atomic E-state index is -0.694. The first-order valence-corrected chi connectivity index (χ1v) is 9.53. The Labute approximate surface area is 160 Å². The lowest BCUT2D eigenvalue weighted by Gasteiger charge is -2.27.